The Morgan fingerprint density at radius 3 is 2.43 bits per heavy atom. The molecule has 3 atom stereocenters. The summed E-state index contributed by atoms with van der Waals surface area (Å²) in [5, 5.41) is 18.9. The number of amides is 3. The summed E-state index contributed by atoms with van der Waals surface area (Å²) in [6.07, 6.45) is -1.42. The van der Waals surface area contributed by atoms with Gasteiger partial charge in [-0.1, -0.05) is 0 Å². The van der Waals surface area contributed by atoms with E-state index in [9.17, 15) is 29.4 Å². The minimum Gasteiger partial charge on any atom is -0.477 e. The Labute approximate surface area is 160 Å². The van der Waals surface area contributed by atoms with Crippen molar-refractivity contribution in [1.82, 2.24) is 19.6 Å². The van der Waals surface area contributed by atoms with Gasteiger partial charge in [-0.2, -0.15) is 0 Å². The average Bonchev–Trinajstić information content (AvgIpc) is 3.02. The van der Waals surface area contributed by atoms with Gasteiger partial charge in [-0.25, -0.2) is 14.4 Å². The zero-order chi connectivity index (χ0) is 20.2. The van der Waals surface area contributed by atoms with Crippen LogP contribution < -0.4 is 0 Å². The molecular weight excluding hydrogens is 372 g/mol. The van der Waals surface area contributed by atoms with Crippen LogP contribution in [0.25, 0.3) is 0 Å². The fourth-order valence-corrected chi connectivity index (χ4v) is 4.59. The number of β-lactam (4-membered cyclic amide) rings is 1. The lowest BCUT2D eigenvalue weighted by molar-refractivity contribution is -0.156. The molecule has 3 saturated heterocycles. The van der Waals surface area contributed by atoms with Crippen molar-refractivity contribution in [2.24, 2.45) is 5.92 Å². The zero-order valence-corrected chi connectivity index (χ0v) is 15.4. The highest BCUT2D eigenvalue weighted by atomic mass is 16.6. The van der Waals surface area contributed by atoms with Gasteiger partial charge in [-0.05, 0) is 19.0 Å². The Bertz CT molecular complexity index is 773. The summed E-state index contributed by atoms with van der Waals surface area (Å²) in [4.78, 5) is 53.8. The number of carbonyl (C=O) groups is 4. The van der Waals surface area contributed by atoms with Crippen LogP contribution in [-0.2, 0) is 14.3 Å². The fourth-order valence-electron chi connectivity index (χ4n) is 4.59. The first-order valence-electron chi connectivity index (χ1n) is 9.17. The minimum absolute atomic E-state index is 0.162. The third kappa shape index (κ3) is 2.77. The molecule has 0 aromatic heterocycles. The average molecular weight is 394 g/mol. The molecule has 4 rings (SSSR count). The van der Waals surface area contributed by atoms with E-state index in [2.05, 4.69) is 4.90 Å². The van der Waals surface area contributed by atoms with E-state index in [1.807, 2.05) is 7.05 Å². The maximum Gasteiger partial charge on any atom is 0.410 e. The van der Waals surface area contributed by atoms with Crippen molar-refractivity contribution in [3.05, 3.63) is 11.3 Å². The van der Waals surface area contributed by atoms with E-state index in [0.717, 1.165) is 18.0 Å². The molecule has 0 spiro atoms. The predicted octanol–water partition coefficient (Wildman–Crippen LogP) is -0.698. The van der Waals surface area contributed by atoms with Gasteiger partial charge in [0.25, 0.3) is 5.91 Å². The number of ether oxygens (including phenoxy) is 1. The molecule has 0 unspecified atom stereocenters. The Kier molecular flexibility index (Phi) is 4.41. The summed E-state index contributed by atoms with van der Waals surface area (Å²) in [5.74, 6) is -2.00. The van der Waals surface area contributed by atoms with Crippen LogP contribution in [0.2, 0.25) is 0 Å². The van der Waals surface area contributed by atoms with Gasteiger partial charge in [0.15, 0.2) is 0 Å². The van der Waals surface area contributed by atoms with Gasteiger partial charge < -0.3 is 24.7 Å². The van der Waals surface area contributed by atoms with Crippen LogP contribution in [0.5, 0.6) is 0 Å². The quantitative estimate of drug-likeness (QED) is 0.601. The van der Waals surface area contributed by atoms with Crippen LogP contribution in [0.4, 0.5) is 9.59 Å². The Morgan fingerprint density at radius 2 is 1.82 bits per heavy atom. The second-order valence-electron chi connectivity index (χ2n) is 7.65. The number of hydrogen-bond donors (Lipinski definition) is 2. The smallest absolute Gasteiger partial charge is 0.410 e. The van der Waals surface area contributed by atoms with Gasteiger partial charge >= 0.3 is 18.2 Å². The first-order chi connectivity index (χ1) is 13.3. The zero-order valence-electron chi connectivity index (χ0n) is 15.4. The molecule has 11 heteroatoms. The summed E-state index contributed by atoms with van der Waals surface area (Å²) in [6.45, 7) is 2.47. The molecule has 2 N–H and O–H groups in total. The maximum atomic E-state index is 12.4. The fraction of sp³-hybridized carbons (Fsp3) is 0.647. The second kappa shape index (κ2) is 6.66. The lowest BCUT2D eigenvalue weighted by Gasteiger charge is -2.49. The van der Waals surface area contributed by atoms with Crippen molar-refractivity contribution in [1.29, 1.82) is 0 Å². The van der Waals surface area contributed by atoms with E-state index < -0.39 is 36.1 Å². The van der Waals surface area contributed by atoms with Crippen molar-refractivity contribution in [3.8, 4) is 0 Å². The molecule has 0 aromatic rings. The maximum absolute atomic E-state index is 12.4. The third-order valence-corrected chi connectivity index (χ3v) is 6.03. The third-order valence-electron chi connectivity index (χ3n) is 6.03. The number of carboxylic acids is 1. The van der Waals surface area contributed by atoms with Crippen LogP contribution >= 0.6 is 0 Å². The minimum atomic E-state index is -1.27. The molecule has 3 fully saturated rings. The number of hydrogen-bond acceptors (Lipinski definition) is 6. The Balaban J connectivity index is 1.49. The van der Waals surface area contributed by atoms with E-state index in [1.165, 1.54) is 4.90 Å². The summed E-state index contributed by atoms with van der Waals surface area (Å²) in [5.41, 5.74) is 0.163. The van der Waals surface area contributed by atoms with E-state index in [0.29, 0.717) is 18.7 Å². The molecule has 0 aromatic carbocycles. The molecule has 0 aliphatic carbocycles. The highest BCUT2D eigenvalue weighted by Gasteiger charge is 2.64. The molecule has 4 aliphatic heterocycles. The van der Waals surface area contributed by atoms with Crippen molar-refractivity contribution >= 4 is 24.1 Å². The number of aliphatic carboxylic acids is 1. The van der Waals surface area contributed by atoms with Gasteiger partial charge in [0.05, 0.1) is 6.04 Å². The molecule has 28 heavy (non-hydrogen) atoms. The van der Waals surface area contributed by atoms with Crippen LogP contribution in [0.15, 0.2) is 11.3 Å². The normalized spacial score (nSPS) is 29.5. The molecule has 4 heterocycles. The Morgan fingerprint density at radius 1 is 1.14 bits per heavy atom. The number of carbonyl (C=O) groups excluding carboxylic acids is 2. The summed E-state index contributed by atoms with van der Waals surface area (Å²) < 4.78 is 5.34. The van der Waals surface area contributed by atoms with Crippen LogP contribution in [0, 0.1) is 5.92 Å². The van der Waals surface area contributed by atoms with Gasteiger partial charge in [-0.15, -0.1) is 0 Å². The number of nitrogens with zero attached hydrogens (tertiary/aromatic N) is 4. The molecule has 3 amide bonds. The lowest BCUT2D eigenvalue weighted by Crippen LogP contribution is -2.69. The summed E-state index contributed by atoms with van der Waals surface area (Å²) in [6, 6.07) is -1.27. The van der Waals surface area contributed by atoms with Crippen molar-refractivity contribution in [2.75, 3.05) is 46.4 Å². The van der Waals surface area contributed by atoms with Gasteiger partial charge in [0, 0.05) is 38.6 Å². The van der Waals surface area contributed by atoms with Crippen molar-refractivity contribution in [2.45, 2.75) is 18.5 Å². The largest absolute Gasteiger partial charge is 0.477 e. The number of carboxylic acid groups (broad SMARTS) is 2. The SMILES string of the molecule is CN1CCN(C(=O)OCC2=C(C(=O)O)N3C(=O)[C@@H]4[C@H]3[C@H](C2)CN4C(=O)O)CC1. The molecule has 0 bridgehead atoms. The van der Waals surface area contributed by atoms with Gasteiger partial charge in [-0.3, -0.25) is 14.6 Å². The second-order valence-corrected chi connectivity index (χ2v) is 7.65. The lowest BCUT2D eigenvalue weighted by atomic mass is 9.79. The Hall–Kier alpha value is -2.82. The highest BCUT2D eigenvalue weighted by Crippen LogP contribution is 2.47. The molecule has 0 radical (unpaired) electrons. The van der Waals surface area contributed by atoms with Crippen LogP contribution in [-0.4, -0.2) is 112 Å². The number of rotatable bonds is 3. The predicted molar refractivity (Wildman–Crippen MR) is 92.3 cm³/mol. The summed E-state index contributed by atoms with van der Waals surface area (Å²) >= 11 is 0. The summed E-state index contributed by atoms with van der Waals surface area (Å²) in [7, 11) is 1.96. The number of likely N-dealkylation sites (N-methyl/N-ethyl adjacent to an activating group) is 1. The molecule has 152 valence electrons. The van der Waals surface area contributed by atoms with E-state index in [4.69, 9.17) is 4.74 Å². The first-order valence-corrected chi connectivity index (χ1v) is 9.17. The van der Waals surface area contributed by atoms with Crippen LogP contribution in [0.3, 0.4) is 0 Å². The monoisotopic (exact) mass is 394 g/mol. The molecule has 0 saturated carbocycles. The topological polar surface area (TPSA) is 131 Å². The number of likely N-dealkylation sites (tertiary alicyclic amines) is 1. The highest BCUT2D eigenvalue weighted by molar-refractivity contribution is 6.02. The molecule has 4 aliphatic rings. The van der Waals surface area contributed by atoms with E-state index in [-0.39, 0.29) is 31.2 Å². The van der Waals surface area contributed by atoms with Crippen LogP contribution in [0.1, 0.15) is 6.42 Å². The van der Waals surface area contributed by atoms with Gasteiger partial charge in [0.1, 0.15) is 18.3 Å². The standard InChI is InChI=1S/C17H22N4O7/c1-18-2-4-19(5-3-18)17(27)28-8-10-6-9-7-20(16(25)26)13-11(9)21(14(13)22)12(10)15(23)24/h9,11,13H,2-8H2,1H3,(H,23,24)(H,25,26)/t9-,11-,13+/m1/s1. The van der Waals surface area contributed by atoms with Crippen molar-refractivity contribution in [3.63, 3.8) is 0 Å². The molecular formula is C17H22N4O7. The van der Waals surface area contributed by atoms with Crippen molar-refractivity contribution < 1.29 is 34.1 Å². The number of piperazine rings is 1. The molecule has 11 nitrogen and oxygen atoms in total. The van der Waals surface area contributed by atoms with E-state index in [1.54, 1.807) is 4.90 Å². The first kappa shape index (κ1) is 18.5. The van der Waals surface area contributed by atoms with Gasteiger partial charge in [0.2, 0.25) is 0 Å². The van der Waals surface area contributed by atoms with E-state index >= 15 is 0 Å².